The molecule has 26 heavy (non-hydrogen) atoms. The minimum absolute atomic E-state index is 0.690. The molecule has 0 spiro atoms. The first-order valence-electron chi connectivity index (χ1n) is 9.93. The molecule has 0 aliphatic heterocycles. The van der Waals surface area contributed by atoms with E-state index in [1.807, 2.05) is 0 Å². The highest BCUT2D eigenvalue weighted by Gasteiger charge is 2.39. The molecule has 0 nitrogen and oxygen atoms in total. The highest BCUT2D eigenvalue weighted by molar-refractivity contribution is 6.84. The second kappa shape index (κ2) is 6.51. The minimum Gasteiger partial charge on any atom is -0.0791 e. The van der Waals surface area contributed by atoms with Crippen molar-refractivity contribution >= 4 is 28.3 Å². The molecule has 134 valence electrons. The Balaban J connectivity index is 1.50. The maximum Gasteiger partial charge on any atom is 0.0593 e. The maximum atomic E-state index is 2.60. The van der Waals surface area contributed by atoms with Gasteiger partial charge in [0.05, 0.1) is 16.1 Å². The molecule has 2 aliphatic rings. The molecule has 2 heteroatoms. The summed E-state index contributed by atoms with van der Waals surface area (Å²) >= 11 is 0. The van der Waals surface area contributed by atoms with Crippen LogP contribution in [0.3, 0.4) is 0 Å². The van der Waals surface area contributed by atoms with Crippen molar-refractivity contribution in [2.24, 2.45) is 0 Å². The standard InChI is InChI=1S/C24H30Si2/c1-25(2,23-15-13-19-9-5-7-11-21(19)23)17-18-26(3,4)24-16-14-20-10-6-8-12-22(20)24/h5-16,23-24H,17-18H2,1-4H3. The summed E-state index contributed by atoms with van der Waals surface area (Å²) < 4.78 is 0. The Morgan fingerprint density at radius 1 is 0.615 bits per heavy atom. The molecule has 4 rings (SSSR count). The summed E-state index contributed by atoms with van der Waals surface area (Å²) in [5.41, 5.74) is 7.43. The van der Waals surface area contributed by atoms with E-state index in [2.05, 4.69) is 99.0 Å². The molecule has 2 aromatic rings. The number of hydrogen-bond donors (Lipinski definition) is 0. The van der Waals surface area contributed by atoms with Crippen molar-refractivity contribution in [3.8, 4) is 0 Å². The fourth-order valence-electron chi connectivity index (χ4n) is 4.82. The van der Waals surface area contributed by atoms with E-state index in [4.69, 9.17) is 0 Å². The van der Waals surface area contributed by atoms with E-state index in [1.165, 1.54) is 23.2 Å². The van der Waals surface area contributed by atoms with Crippen LogP contribution in [0.4, 0.5) is 0 Å². The summed E-state index contributed by atoms with van der Waals surface area (Å²) in [6.45, 7) is 10.4. The van der Waals surface area contributed by atoms with Gasteiger partial charge in [0.15, 0.2) is 0 Å². The zero-order chi connectivity index (χ0) is 18.4. The van der Waals surface area contributed by atoms with Crippen LogP contribution in [0.1, 0.15) is 33.3 Å². The quantitative estimate of drug-likeness (QED) is 0.489. The summed E-state index contributed by atoms with van der Waals surface area (Å²) in [5, 5.41) is 0. The van der Waals surface area contributed by atoms with Gasteiger partial charge in [-0.2, -0.15) is 0 Å². The second-order valence-electron chi connectivity index (χ2n) is 9.41. The lowest BCUT2D eigenvalue weighted by Crippen LogP contribution is -2.39. The average Bonchev–Trinajstić information content (AvgIpc) is 3.25. The van der Waals surface area contributed by atoms with E-state index < -0.39 is 16.1 Å². The molecule has 0 N–H and O–H groups in total. The highest BCUT2D eigenvalue weighted by Crippen LogP contribution is 2.43. The molecule has 0 amide bonds. The van der Waals surface area contributed by atoms with Gasteiger partial charge in [0.25, 0.3) is 0 Å². The lowest BCUT2D eigenvalue weighted by molar-refractivity contribution is 1.07. The third kappa shape index (κ3) is 3.10. The van der Waals surface area contributed by atoms with Crippen molar-refractivity contribution in [1.29, 1.82) is 0 Å². The number of rotatable bonds is 5. The molecule has 2 aliphatic carbocycles. The normalized spacial score (nSPS) is 21.1. The molecule has 2 atom stereocenters. The first-order chi connectivity index (χ1) is 12.4. The van der Waals surface area contributed by atoms with Crippen molar-refractivity contribution < 1.29 is 0 Å². The van der Waals surface area contributed by atoms with Gasteiger partial charge in [-0.3, -0.25) is 0 Å². The van der Waals surface area contributed by atoms with Crippen LogP contribution < -0.4 is 0 Å². The molecular weight excluding hydrogens is 344 g/mol. The number of benzene rings is 2. The SMILES string of the molecule is C[Si](C)(CC[Si](C)(C)C1C=Cc2ccccc21)C1C=Cc2ccccc21. The van der Waals surface area contributed by atoms with Gasteiger partial charge >= 0.3 is 0 Å². The molecule has 0 aromatic heterocycles. The number of fused-ring (bicyclic) bond motifs is 2. The van der Waals surface area contributed by atoms with Crippen molar-refractivity contribution in [1.82, 2.24) is 0 Å². The first kappa shape index (κ1) is 17.8. The van der Waals surface area contributed by atoms with E-state index in [0.717, 1.165) is 0 Å². The minimum atomic E-state index is -1.35. The summed E-state index contributed by atoms with van der Waals surface area (Å²) in [4.78, 5) is 0. The fourth-order valence-corrected chi connectivity index (χ4v) is 14.0. The van der Waals surface area contributed by atoms with Gasteiger partial charge in [0, 0.05) is 0 Å². The van der Waals surface area contributed by atoms with E-state index in [1.54, 1.807) is 11.1 Å². The molecule has 0 radical (unpaired) electrons. The van der Waals surface area contributed by atoms with E-state index in [0.29, 0.717) is 11.1 Å². The predicted molar refractivity (Wildman–Crippen MR) is 121 cm³/mol. The van der Waals surface area contributed by atoms with Gasteiger partial charge in [-0.05, 0) is 33.3 Å². The lowest BCUT2D eigenvalue weighted by atomic mass is 10.1. The first-order valence-corrected chi connectivity index (χ1v) is 16.5. The zero-order valence-corrected chi connectivity index (χ0v) is 18.5. The summed E-state index contributed by atoms with van der Waals surface area (Å²) in [6.07, 6.45) is 9.70. The topological polar surface area (TPSA) is 0 Å². The maximum absolute atomic E-state index is 2.60. The third-order valence-electron chi connectivity index (χ3n) is 6.70. The van der Waals surface area contributed by atoms with Crippen LogP contribution in [0.15, 0.2) is 60.7 Å². The number of allylic oxidation sites excluding steroid dienone is 2. The van der Waals surface area contributed by atoms with E-state index >= 15 is 0 Å². The van der Waals surface area contributed by atoms with Crippen LogP contribution in [0, 0.1) is 0 Å². The molecule has 2 unspecified atom stereocenters. The molecule has 0 saturated heterocycles. The Hall–Kier alpha value is -1.65. The third-order valence-corrected chi connectivity index (χ3v) is 14.6. The van der Waals surface area contributed by atoms with Crippen molar-refractivity contribution in [2.45, 2.75) is 49.4 Å². The summed E-state index contributed by atoms with van der Waals surface area (Å²) in [6, 6.07) is 20.9. The van der Waals surface area contributed by atoms with Gasteiger partial charge in [-0.25, -0.2) is 0 Å². The van der Waals surface area contributed by atoms with Crippen LogP contribution in [0.25, 0.3) is 12.2 Å². The fraction of sp³-hybridized carbons (Fsp3) is 0.333. The van der Waals surface area contributed by atoms with Crippen LogP contribution in [0.2, 0.25) is 38.3 Å². The van der Waals surface area contributed by atoms with Gasteiger partial charge in [-0.15, -0.1) is 0 Å². The molecule has 0 fully saturated rings. The van der Waals surface area contributed by atoms with E-state index in [-0.39, 0.29) is 0 Å². The Labute approximate surface area is 160 Å². The smallest absolute Gasteiger partial charge is 0.0593 e. The Morgan fingerprint density at radius 2 is 1.00 bits per heavy atom. The zero-order valence-electron chi connectivity index (χ0n) is 16.5. The molecule has 0 heterocycles. The van der Waals surface area contributed by atoms with Crippen molar-refractivity contribution in [3.05, 3.63) is 82.9 Å². The van der Waals surface area contributed by atoms with Crippen molar-refractivity contribution in [2.75, 3.05) is 0 Å². The predicted octanol–water partition coefficient (Wildman–Crippen LogP) is 7.10. The monoisotopic (exact) mass is 374 g/mol. The van der Waals surface area contributed by atoms with Gasteiger partial charge in [-0.1, -0.05) is 111 Å². The van der Waals surface area contributed by atoms with Crippen LogP contribution >= 0.6 is 0 Å². The Morgan fingerprint density at radius 3 is 1.42 bits per heavy atom. The molecular formula is C24H30Si2. The summed E-state index contributed by atoms with van der Waals surface area (Å²) in [7, 11) is -2.70. The molecule has 2 aromatic carbocycles. The lowest BCUT2D eigenvalue weighted by Gasteiger charge is -2.35. The van der Waals surface area contributed by atoms with Gasteiger partial charge in [0.2, 0.25) is 0 Å². The molecule has 0 bridgehead atoms. The van der Waals surface area contributed by atoms with Crippen LogP contribution in [-0.4, -0.2) is 16.1 Å². The van der Waals surface area contributed by atoms with E-state index in [9.17, 15) is 0 Å². The Kier molecular flexibility index (Phi) is 4.44. The second-order valence-corrected chi connectivity index (χ2v) is 19.6. The van der Waals surface area contributed by atoms with Gasteiger partial charge < -0.3 is 0 Å². The van der Waals surface area contributed by atoms with Crippen LogP contribution in [0.5, 0.6) is 0 Å². The van der Waals surface area contributed by atoms with Gasteiger partial charge in [0.1, 0.15) is 0 Å². The largest absolute Gasteiger partial charge is 0.0791 e. The van der Waals surface area contributed by atoms with Crippen molar-refractivity contribution in [3.63, 3.8) is 0 Å². The van der Waals surface area contributed by atoms with Crippen LogP contribution in [-0.2, 0) is 0 Å². The Bertz CT molecular complexity index is 800. The number of hydrogen-bond acceptors (Lipinski definition) is 0. The highest BCUT2D eigenvalue weighted by atomic mass is 28.3. The molecule has 0 saturated carbocycles. The average molecular weight is 375 g/mol. The summed E-state index contributed by atoms with van der Waals surface area (Å²) in [5.74, 6) is 0.